The molecule has 9 heteroatoms. The number of alkyl halides is 1. The van der Waals surface area contributed by atoms with Crippen molar-refractivity contribution >= 4 is 17.5 Å². The first kappa shape index (κ1) is 22.2. The number of nitrogens with zero attached hydrogens (tertiary/aromatic N) is 2. The number of hydrogen-bond donors (Lipinski definition) is 1. The average Bonchev–Trinajstić information content (AvgIpc) is 2.76. The van der Waals surface area contributed by atoms with E-state index in [9.17, 15) is 9.18 Å². The van der Waals surface area contributed by atoms with E-state index in [1.807, 2.05) is 0 Å². The summed E-state index contributed by atoms with van der Waals surface area (Å²) in [5.74, 6) is 0.271. The molecule has 1 aromatic carbocycles. The monoisotopic (exact) mass is 439 g/mol. The number of rotatable bonds is 8. The van der Waals surface area contributed by atoms with Gasteiger partial charge in [-0.1, -0.05) is 11.6 Å². The molecule has 0 unspecified atom stereocenters. The van der Waals surface area contributed by atoms with E-state index in [0.717, 1.165) is 6.07 Å². The van der Waals surface area contributed by atoms with Crippen LogP contribution >= 0.6 is 11.6 Å². The van der Waals surface area contributed by atoms with Gasteiger partial charge < -0.3 is 19.7 Å². The predicted octanol–water partition coefficient (Wildman–Crippen LogP) is 3.50. The third kappa shape index (κ3) is 5.79. The maximum atomic E-state index is 15.0. The number of nitrogens with one attached hydrogen (secondary N) is 1. The molecule has 0 bridgehead atoms. The minimum atomic E-state index is -1.39. The Balaban J connectivity index is 1.38. The van der Waals surface area contributed by atoms with Crippen LogP contribution in [0.4, 0.5) is 8.78 Å². The Morgan fingerprint density at radius 2 is 2.07 bits per heavy atom. The molecule has 0 radical (unpaired) electrons. The van der Waals surface area contributed by atoms with Crippen LogP contribution in [-0.4, -0.2) is 61.4 Å². The smallest absolute Gasteiger partial charge is 0.253 e. The van der Waals surface area contributed by atoms with Crippen LogP contribution in [0, 0.1) is 5.82 Å². The van der Waals surface area contributed by atoms with Crippen molar-refractivity contribution in [2.24, 2.45) is 0 Å². The molecule has 0 aliphatic carbocycles. The van der Waals surface area contributed by atoms with Crippen molar-refractivity contribution in [1.29, 1.82) is 0 Å². The van der Waals surface area contributed by atoms with Gasteiger partial charge in [0.15, 0.2) is 0 Å². The highest BCUT2D eigenvalue weighted by Crippen LogP contribution is 2.27. The fraction of sp³-hybridized carbons (Fsp3) is 0.429. The van der Waals surface area contributed by atoms with E-state index in [-0.39, 0.29) is 43.4 Å². The van der Waals surface area contributed by atoms with Crippen LogP contribution in [0.15, 0.2) is 36.5 Å². The summed E-state index contributed by atoms with van der Waals surface area (Å²) in [6, 6.07) is 7.31. The Morgan fingerprint density at radius 3 is 2.70 bits per heavy atom. The molecule has 0 atom stereocenters. The van der Waals surface area contributed by atoms with Crippen LogP contribution in [0.2, 0.25) is 5.02 Å². The number of piperidine rings is 1. The first-order valence-corrected chi connectivity index (χ1v) is 10.0. The molecule has 0 spiro atoms. The molecular formula is C21H24ClF2N3O3. The largest absolute Gasteiger partial charge is 0.495 e. The van der Waals surface area contributed by atoms with Crippen LogP contribution in [0.25, 0.3) is 0 Å². The second-order valence-corrected chi connectivity index (χ2v) is 7.54. The molecule has 1 fully saturated rings. The van der Waals surface area contributed by atoms with Crippen molar-refractivity contribution in [2.75, 3.05) is 39.9 Å². The first-order valence-electron chi connectivity index (χ1n) is 9.67. The summed E-state index contributed by atoms with van der Waals surface area (Å²) < 4.78 is 38.8. The molecule has 1 N–H and O–H groups in total. The summed E-state index contributed by atoms with van der Waals surface area (Å²) >= 11 is 5.74. The van der Waals surface area contributed by atoms with Crippen molar-refractivity contribution in [2.45, 2.75) is 18.5 Å². The molecule has 1 aromatic heterocycles. The van der Waals surface area contributed by atoms with E-state index in [0.29, 0.717) is 30.3 Å². The zero-order valence-corrected chi connectivity index (χ0v) is 17.4. The van der Waals surface area contributed by atoms with Crippen LogP contribution in [0.3, 0.4) is 0 Å². The molecule has 0 saturated carbocycles. The Labute approximate surface area is 179 Å². The Kier molecular flexibility index (Phi) is 7.44. The Morgan fingerprint density at radius 1 is 1.30 bits per heavy atom. The number of carbonyl (C=O) groups excluding carboxylic acids is 1. The van der Waals surface area contributed by atoms with Crippen LogP contribution < -0.4 is 14.8 Å². The first-order chi connectivity index (χ1) is 14.4. The molecule has 1 saturated heterocycles. The van der Waals surface area contributed by atoms with Gasteiger partial charge in [0.1, 0.15) is 23.8 Å². The van der Waals surface area contributed by atoms with E-state index in [1.54, 1.807) is 30.3 Å². The maximum absolute atomic E-state index is 15.0. The van der Waals surface area contributed by atoms with Gasteiger partial charge in [0.05, 0.1) is 18.3 Å². The summed E-state index contributed by atoms with van der Waals surface area (Å²) in [5.41, 5.74) is -1.09. The quantitative estimate of drug-likeness (QED) is 0.638. The average molecular weight is 440 g/mol. The zero-order chi connectivity index (χ0) is 21.6. The predicted molar refractivity (Wildman–Crippen MR) is 110 cm³/mol. The summed E-state index contributed by atoms with van der Waals surface area (Å²) in [6.45, 7) is 1.58. The molecule has 30 heavy (non-hydrogen) atoms. The lowest BCUT2D eigenvalue weighted by atomic mass is 9.93. The third-order valence-electron chi connectivity index (χ3n) is 5.03. The molecule has 1 amide bonds. The number of benzene rings is 1. The number of pyridine rings is 1. The van der Waals surface area contributed by atoms with E-state index < -0.39 is 11.5 Å². The number of carbonyl (C=O) groups is 1. The summed E-state index contributed by atoms with van der Waals surface area (Å²) in [5, 5.41) is 2.96. The number of aromatic nitrogens is 1. The number of ether oxygens (including phenoxy) is 2. The van der Waals surface area contributed by atoms with Crippen molar-refractivity contribution in [1.82, 2.24) is 15.2 Å². The van der Waals surface area contributed by atoms with Crippen LogP contribution in [0.1, 0.15) is 23.2 Å². The van der Waals surface area contributed by atoms with Crippen molar-refractivity contribution in [3.63, 3.8) is 0 Å². The minimum absolute atomic E-state index is 0.103. The highest BCUT2D eigenvalue weighted by Gasteiger charge is 2.35. The van der Waals surface area contributed by atoms with Gasteiger partial charge in [-0.05, 0) is 24.3 Å². The maximum Gasteiger partial charge on any atom is 0.253 e. The van der Waals surface area contributed by atoms with E-state index in [2.05, 4.69) is 10.3 Å². The lowest BCUT2D eigenvalue weighted by Crippen LogP contribution is -2.49. The van der Waals surface area contributed by atoms with Gasteiger partial charge in [-0.3, -0.25) is 4.79 Å². The van der Waals surface area contributed by atoms with Crippen molar-refractivity contribution in [3.05, 3.63) is 52.9 Å². The number of amides is 1. The molecule has 2 aromatic rings. The molecule has 6 nitrogen and oxygen atoms in total. The van der Waals surface area contributed by atoms with Gasteiger partial charge in [0.2, 0.25) is 5.88 Å². The van der Waals surface area contributed by atoms with Crippen molar-refractivity contribution < 1.29 is 23.0 Å². The second-order valence-electron chi connectivity index (χ2n) is 7.13. The van der Waals surface area contributed by atoms with Gasteiger partial charge in [0.25, 0.3) is 5.91 Å². The van der Waals surface area contributed by atoms with E-state index in [1.165, 1.54) is 12.1 Å². The van der Waals surface area contributed by atoms with Gasteiger partial charge >= 0.3 is 0 Å². The van der Waals surface area contributed by atoms with Gasteiger partial charge in [-0.2, -0.15) is 0 Å². The standard InChI is InChI=1S/C21H24ClF2N3O3/c1-29-16-3-5-19(26-13-16)30-11-8-25-14-21(24)6-9-27(10-7-21)20(28)15-2-4-18(23)17(22)12-15/h2-5,12-13,25H,6-11,14H2,1H3. The third-order valence-corrected chi connectivity index (χ3v) is 5.32. The SMILES string of the molecule is COc1ccc(OCCNCC2(F)CCN(C(=O)c3ccc(F)c(Cl)c3)CC2)nc1. The highest BCUT2D eigenvalue weighted by atomic mass is 35.5. The number of halogens is 3. The number of hydrogen-bond acceptors (Lipinski definition) is 5. The van der Waals surface area contributed by atoms with E-state index in [4.69, 9.17) is 21.1 Å². The number of likely N-dealkylation sites (tertiary alicyclic amines) is 1. The van der Waals surface area contributed by atoms with Crippen molar-refractivity contribution in [3.8, 4) is 11.6 Å². The van der Waals surface area contributed by atoms with E-state index >= 15 is 4.39 Å². The Bertz CT molecular complexity index is 859. The minimum Gasteiger partial charge on any atom is -0.495 e. The Hall–Kier alpha value is -2.45. The van der Waals surface area contributed by atoms with Crippen LogP contribution in [-0.2, 0) is 0 Å². The molecule has 1 aliphatic heterocycles. The summed E-state index contributed by atoms with van der Waals surface area (Å²) in [4.78, 5) is 18.2. The van der Waals surface area contributed by atoms with Gasteiger partial charge in [-0.25, -0.2) is 13.8 Å². The van der Waals surface area contributed by atoms with Crippen LogP contribution in [0.5, 0.6) is 11.6 Å². The molecule has 2 heterocycles. The lowest BCUT2D eigenvalue weighted by Gasteiger charge is -2.36. The fourth-order valence-corrected chi connectivity index (χ4v) is 3.39. The topological polar surface area (TPSA) is 63.7 Å². The normalized spacial score (nSPS) is 15.7. The molecular weight excluding hydrogens is 416 g/mol. The molecule has 3 rings (SSSR count). The summed E-state index contributed by atoms with van der Waals surface area (Å²) in [6.07, 6.45) is 2.01. The lowest BCUT2D eigenvalue weighted by molar-refractivity contribution is 0.0433. The van der Waals surface area contributed by atoms with Gasteiger partial charge in [0, 0.05) is 50.7 Å². The molecule has 162 valence electrons. The second kappa shape index (κ2) is 10.0. The summed E-state index contributed by atoms with van der Waals surface area (Å²) in [7, 11) is 1.56. The highest BCUT2D eigenvalue weighted by molar-refractivity contribution is 6.31. The fourth-order valence-electron chi connectivity index (χ4n) is 3.21. The van der Waals surface area contributed by atoms with Gasteiger partial charge in [-0.15, -0.1) is 0 Å². The zero-order valence-electron chi connectivity index (χ0n) is 16.7. The number of methoxy groups -OCH3 is 1. The molecule has 1 aliphatic rings.